The molecular formula is C19H16F3N3O2. The Morgan fingerprint density at radius 2 is 1.93 bits per heavy atom. The number of para-hydroxylation sites is 1. The maximum atomic E-state index is 12.9. The maximum absolute atomic E-state index is 12.9. The molecule has 3 aromatic rings. The summed E-state index contributed by atoms with van der Waals surface area (Å²) in [6.45, 7) is 1.42. The molecule has 1 heterocycles. The van der Waals surface area contributed by atoms with Crippen LogP contribution in [0.25, 0.3) is 10.9 Å². The van der Waals surface area contributed by atoms with Gasteiger partial charge in [-0.1, -0.05) is 18.2 Å². The molecule has 1 N–H and O–H groups in total. The second-order valence-corrected chi connectivity index (χ2v) is 6.09. The Balaban J connectivity index is 1.71. The highest BCUT2D eigenvalue weighted by molar-refractivity contribution is 5.90. The quantitative estimate of drug-likeness (QED) is 0.755. The molecule has 0 unspecified atom stereocenters. The number of rotatable bonds is 4. The van der Waals surface area contributed by atoms with Gasteiger partial charge in [-0.15, -0.1) is 0 Å². The molecule has 27 heavy (non-hydrogen) atoms. The van der Waals surface area contributed by atoms with Crippen molar-refractivity contribution in [1.82, 2.24) is 9.55 Å². The summed E-state index contributed by atoms with van der Waals surface area (Å²) in [7, 11) is 0. The van der Waals surface area contributed by atoms with Crippen LogP contribution in [0.1, 0.15) is 17.5 Å². The number of nitrogens with zero attached hydrogens (tertiary/aromatic N) is 2. The maximum Gasteiger partial charge on any atom is 0.416 e. The van der Waals surface area contributed by atoms with E-state index in [4.69, 9.17) is 0 Å². The Hall–Kier alpha value is -3.16. The number of fused-ring (bicyclic) bond motifs is 1. The zero-order valence-corrected chi connectivity index (χ0v) is 14.4. The first-order valence-corrected chi connectivity index (χ1v) is 8.17. The Morgan fingerprint density at radius 1 is 1.19 bits per heavy atom. The van der Waals surface area contributed by atoms with E-state index in [1.165, 1.54) is 30.0 Å². The highest BCUT2D eigenvalue weighted by Gasteiger charge is 2.32. The minimum absolute atomic E-state index is 0.0573. The first-order valence-electron chi connectivity index (χ1n) is 8.17. The molecule has 2 aromatic carbocycles. The molecule has 8 heteroatoms. The number of carbonyl (C=O) groups excluding carboxylic acids is 1. The minimum atomic E-state index is -4.49. The Morgan fingerprint density at radius 3 is 2.67 bits per heavy atom. The summed E-state index contributed by atoms with van der Waals surface area (Å²) in [6, 6.07) is 10.5. The van der Waals surface area contributed by atoms with E-state index in [-0.39, 0.29) is 29.8 Å². The molecule has 0 aliphatic carbocycles. The van der Waals surface area contributed by atoms with Gasteiger partial charge in [0.1, 0.15) is 0 Å². The van der Waals surface area contributed by atoms with Crippen LogP contribution in [-0.2, 0) is 17.5 Å². The number of amides is 1. The van der Waals surface area contributed by atoms with Crippen molar-refractivity contribution >= 4 is 22.5 Å². The molecule has 0 fully saturated rings. The normalized spacial score (nSPS) is 11.6. The number of carbonyl (C=O) groups is 1. The van der Waals surface area contributed by atoms with E-state index in [0.29, 0.717) is 10.9 Å². The highest BCUT2D eigenvalue weighted by Crippen LogP contribution is 2.33. The number of aryl methyl sites for hydroxylation is 2. The van der Waals surface area contributed by atoms with Crippen LogP contribution in [0.4, 0.5) is 18.9 Å². The van der Waals surface area contributed by atoms with Crippen molar-refractivity contribution in [2.45, 2.75) is 26.1 Å². The number of aromatic nitrogens is 2. The van der Waals surface area contributed by atoms with Crippen LogP contribution in [-0.4, -0.2) is 15.5 Å². The standard InChI is InChI=1S/C19H16F3N3O2/c1-12-6-7-13(10-15(12)19(20,21)22)24-17(26)8-9-25-11-23-16-5-3-2-4-14(16)18(25)27/h2-7,10-11H,8-9H2,1H3,(H,24,26). The van der Waals surface area contributed by atoms with Crippen LogP contribution < -0.4 is 10.9 Å². The SMILES string of the molecule is Cc1ccc(NC(=O)CCn2cnc3ccccc3c2=O)cc1C(F)(F)F. The largest absolute Gasteiger partial charge is 0.416 e. The Kier molecular flexibility index (Phi) is 4.98. The van der Waals surface area contributed by atoms with E-state index in [1.807, 2.05) is 0 Å². The van der Waals surface area contributed by atoms with Gasteiger partial charge in [-0.25, -0.2) is 4.98 Å². The van der Waals surface area contributed by atoms with Crippen molar-refractivity contribution in [2.75, 3.05) is 5.32 Å². The lowest BCUT2D eigenvalue weighted by atomic mass is 10.1. The van der Waals surface area contributed by atoms with E-state index in [9.17, 15) is 22.8 Å². The van der Waals surface area contributed by atoms with E-state index in [1.54, 1.807) is 24.3 Å². The van der Waals surface area contributed by atoms with Gasteiger partial charge in [0, 0.05) is 18.7 Å². The van der Waals surface area contributed by atoms with Gasteiger partial charge < -0.3 is 5.32 Å². The van der Waals surface area contributed by atoms with Crippen LogP contribution in [0, 0.1) is 6.92 Å². The van der Waals surface area contributed by atoms with Crippen molar-refractivity contribution in [3.8, 4) is 0 Å². The average Bonchev–Trinajstić information content (AvgIpc) is 2.62. The summed E-state index contributed by atoms with van der Waals surface area (Å²) in [5, 5.41) is 2.87. The molecule has 140 valence electrons. The molecule has 3 rings (SSSR count). The zero-order valence-electron chi connectivity index (χ0n) is 14.4. The molecule has 0 aliphatic rings. The number of anilines is 1. The molecule has 0 aliphatic heterocycles. The lowest BCUT2D eigenvalue weighted by molar-refractivity contribution is -0.138. The topological polar surface area (TPSA) is 64.0 Å². The van der Waals surface area contributed by atoms with Crippen LogP contribution in [0.3, 0.4) is 0 Å². The molecular weight excluding hydrogens is 359 g/mol. The number of nitrogens with one attached hydrogen (secondary N) is 1. The first kappa shape index (κ1) is 18.6. The fourth-order valence-electron chi connectivity index (χ4n) is 2.72. The summed E-state index contributed by atoms with van der Waals surface area (Å²) in [4.78, 5) is 28.6. The van der Waals surface area contributed by atoms with Crippen LogP contribution in [0.15, 0.2) is 53.6 Å². The van der Waals surface area contributed by atoms with E-state index < -0.39 is 17.6 Å². The lowest BCUT2D eigenvalue weighted by Gasteiger charge is -2.13. The molecule has 1 amide bonds. The summed E-state index contributed by atoms with van der Waals surface area (Å²) in [6.07, 6.45) is -3.21. The number of halogens is 3. The van der Waals surface area contributed by atoms with E-state index >= 15 is 0 Å². The fourth-order valence-corrected chi connectivity index (χ4v) is 2.72. The van der Waals surface area contributed by atoms with Gasteiger partial charge >= 0.3 is 6.18 Å². The Labute approximate surface area is 152 Å². The average molecular weight is 375 g/mol. The summed E-state index contributed by atoms with van der Waals surface area (Å²) in [5.74, 6) is -0.493. The van der Waals surface area contributed by atoms with Gasteiger partial charge in [-0.2, -0.15) is 13.2 Å². The van der Waals surface area contributed by atoms with Gasteiger partial charge in [-0.3, -0.25) is 14.2 Å². The number of hydrogen-bond acceptors (Lipinski definition) is 3. The number of hydrogen-bond donors (Lipinski definition) is 1. The van der Waals surface area contributed by atoms with Crippen LogP contribution >= 0.6 is 0 Å². The predicted molar refractivity (Wildman–Crippen MR) is 95.4 cm³/mol. The van der Waals surface area contributed by atoms with Gasteiger partial charge in [0.2, 0.25) is 5.91 Å². The van der Waals surface area contributed by atoms with Crippen LogP contribution in [0.5, 0.6) is 0 Å². The molecule has 0 atom stereocenters. The van der Waals surface area contributed by atoms with E-state index in [2.05, 4.69) is 10.3 Å². The molecule has 0 spiro atoms. The lowest BCUT2D eigenvalue weighted by Crippen LogP contribution is -2.23. The first-order chi connectivity index (χ1) is 12.8. The summed E-state index contributed by atoms with van der Waals surface area (Å²) >= 11 is 0. The van der Waals surface area contributed by atoms with Gasteiger partial charge in [0.25, 0.3) is 5.56 Å². The van der Waals surface area contributed by atoms with Crippen LogP contribution in [0.2, 0.25) is 0 Å². The monoisotopic (exact) mass is 375 g/mol. The predicted octanol–water partition coefficient (Wildman–Crippen LogP) is 3.75. The third-order valence-electron chi connectivity index (χ3n) is 4.14. The van der Waals surface area contributed by atoms with Crippen molar-refractivity contribution in [3.05, 3.63) is 70.3 Å². The molecule has 1 aromatic heterocycles. The summed E-state index contributed by atoms with van der Waals surface area (Å²) < 4.78 is 40.2. The van der Waals surface area contributed by atoms with Gasteiger partial charge in [-0.05, 0) is 36.8 Å². The van der Waals surface area contributed by atoms with Crippen molar-refractivity contribution in [3.63, 3.8) is 0 Å². The molecule has 0 saturated heterocycles. The Bertz CT molecular complexity index is 1060. The molecule has 5 nitrogen and oxygen atoms in total. The van der Waals surface area contributed by atoms with Gasteiger partial charge in [0.15, 0.2) is 0 Å². The van der Waals surface area contributed by atoms with E-state index in [0.717, 1.165) is 6.07 Å². The molecule has 0 saturated carbocycles. The fraction of sp³-hybridized carbons (Fsp3) is 0.211. The van der Waals surface area contributed by atoms with Crippen molar-refractivity contribution in [2.24, 2.45) is 0 Å². The third-order valence-corrected chi connectivity index (χ3v) is 4.14. The zero-order chi connectivity index (χ0) is 19.6. The second-order valence-electron chi connectivity index (χ2n) is 6.09. The highest BCUT2D eigenvalue weighted by atomic mass is 19.4. The molecule has 0 radical (unpaired) electrons. The third kappa shape index (κ3) is 4.16. The smallest absolute Gasteiger partial charge is 0.326 e. The summed E-state index contributed by atoms with van der Waals surface area (Å²) in [5.41, 5.74) is -0.378. The molecule has 0 bridgehead atoms. The van der Waals surface area contributed by atoms with Crippen molar-refractivity contribution < 1.29 is 18.0 Å². The van der Waals surface area contributed by atoms with Crippen molar-refractivity contribution in [1.29, 1.82) is 0 Å². The second kappa shape index (κ2) is 7.22. The number of benzene rings is 2. The number of alkyl halides is 3. The minimum Gasteiger partial charge on any atom is -0.326 e. The van der Waals surface area contributed by atoms with Gasteiger partial charge in [0.05, 0.1) is 22.8 Å².